The topological polar surface area (TPSA) is 58.2 Å². The number of carbonyl (C=O) groups is 2. The number of halogens is 4. The molecule has 25 heavy (non-hydrogen) atoms. The highest BCUT2D eigenvalue weighted by Gasteiger charge is 2.28. The Kier molecular flexibility index (Phi) is 5.74. The highest BCUT2D eigenvalue weighted by molar-refractivity contribution is 6.04. The molecule has 132 valence electrons. The predicted octanol–water partition coefficient (Wildman–Crippen LogP) is 3.30. The molecule has 0 heterocycles. The Balaban J connectivity index is 2.07. The molecule has 0 saturated carbocycles. The molecule has 4 nitrogen and oxygen atoms in total. The summed E-state index contributed by atoms with van der Waals surface area (Å²) in [7, 11) is 0. The van der Waals surface area contributed by atoms with E-state index < -0.39 is 30.4 Å². The summed E-state index contributed by atoms with van der Waals surface area (Å²) in [5, 5.41) is 4.20. The lowest BCUT2D eigenvalue weighted by Crippen LogP contribution is -2.34. The van der Waals surface area contributed by atoms with Crippen molar-refractivity contribution >= 4 is 17.5 Å². The molecule has 0 spiro atoms. The molecule has 0 aliphatic carbocycles. The monoisotopic (exact) mass is 354 g/mol. The van der Waals surface area contributed by atoms with Crippen LogP contribution in [-0.2, 0) is 11.2 Å². The summed E-state index contributed by atoms with van der Waals surface area (Å²) in [4.78, 5) is 23.9. The first kappa shape index (κ1) is 18.4. The van der Waals surface area contributed by atoms with Gasteiger partial charge in [0.25, 0.3) is 5.91 Å². The molecule has 0 atom stereocenters. The van der Waals surface area contributed by atoms with Crippen molar-refractivity contribution in [3.05, 3.63) is 65.5 Å². The molecule has 0 aliphatic rings. The Bertz CT molecular complexity index is 775. The summed E-state index contributed by atoms with van der Waals surface area (Å²) < 4.78 is 49.7. The second kappa shape index (κ2) is 7.78. The van der Waals surface area contributed by atoms with Gasteiger partial charge in [-0.05, 0) is 29.8 Å². The van der Waals surface area contributed by atoms with Crippen LogP contribution in [0.1, 0.15) is 15.9 Å². The van der Waals surface area contributed by atoms with Gasteiger partial charge in [-0.2, -0.15) is 13.2 Å². The predicted molar refractivity (Wildman–Crippen MR) is 83.6 cm³/mol. The van der Waals surface area contributed by atoms with Gasteiger partial charge in [-0.15, -0.1) is 0 Å². The van der Waals surface area contributed by atoms with Crippen LogP contribution in [0.25, 0.3) is 0 Å². The first-order valence-electron chi connectivity index (χ1n) is 7.23. The average molecular weight is 354 g/mol. The number of anilines is 1. The molecule has 0 aliphatic heterocycles. The Morgan fingerprint density at radius 2 is 1.72 bits per heavy atom. The normalized spacial score (nSPS) is 11.0. The van der Waals surface area contributed by atoms with E-state index in [1.165, 1.54) is 42.5 Å². The second-order valence-electron chi connectivity index (χ2n) is 5.20. The zero-order valence-electron chi connectivity index (χ0n) is 12.9. The summed E-state index contributed by atoms with van der Waals surface area (Å²) in [6, 6.07) is 11.1. The van der Waals surface area contributed by atoms with Gasteiger partial charge in [0.2, 0.25) is 5.91 Å². The molecule has 2 rings (SSSR count). The van der Waals surface area contributed by atoms with E-state index in [2.05, 4.69) is 5.32 Å². The van der Waals surface area contributed by atoms with Gasteiger partial charge in [-0.3, -0.25) is 9.59 Å². The quantitative estimate of drug-likeness (QED) is 0.810. The van der Waals surface area contributed by atoms with Gasteiger partial charge in [0.15, 0.2) is 0 Å². The standard InChI is InChI=1S/C17H14F4N2O2/c18-12-5-3-4-11(8-12)9-15(24)23-14-7-2-1-6-13(14)16(25)22-10-17(19,20)21/h1-8H,9-10H2,(H,22,25)(H,23,24). The van der Waals surface area contributed by atoms with Gasteiger partial charge in [0.1, 0.15) is 12.4 Å². The van der Waals surface area contributed by atoms with Gasteiger partial charge < -0.3 is 10.6 Å². The number of hydrogen-bond donors (Lipinski definition) is 2. The van der Waals surface area contributed by atoms with Crippen LogP contribution in [0, 0.1) is 5.82 Å². The van der Waals surface area contributed by atoms with Crippen molar-refractivity contribution in [2.24, 2.45) is 0 Å². The average Bonchev–Trinajstić information content (AvgIpc) is 2.52. The smallest absolute Gasteiger partial charge is 0.343 e. The minimum absolute atomic E-state index is 0.0728. The molecule has 2 amide bonds. The molecule has 2 aromatic rings. The summed E-state index contributed by atoms with van der Waals surface area (Å²) >= 11 is 0. The molecular weight excluding hydrogens is 340 g/mol. The Hall–Kier alpha value is -2.90. The van der Waals surface area contributed by atoms with Crippen LogP contribution >= 0.6 is 0 Å². The number of alkyl halides is 3. The largest absolute Gasteiger partial charge is 0.405 e. The molecule has 0 aromatic heterocycles. The maximum absolute atomic E-state index is 13.1. The Morgan fingerprint density at radius 3 is 2.40 bits per heavy atom. The zero-order chi connectivity index (χ0) is 18.4. The maximum Gasteiger partial charge on any atom is 0.405 e. The molecule has 0 radical (unpaired) electrons. The third kappa shape index (κ3) is 5.91. The number of rotatable bonds is 5. The van der Waals surface area contributed by atoms with E-state index in [-0.39, 0.29) is 17.7 Å². The summed E-state index contributed by atoms with van der Waals surface area (Å²) in [6.07, 6.45) is -4.68. The molecule has 8 heteroatoms. The summed E-state index contributed by atoms with van der Waals surface area (Å²) in [5.74, 6) is -1.97. The maximum atomic E-state index is 13.1. The second-order valence-corrected chi connectivity index (χ2v) is 5.20. The number of hydrogen-bond acceptors (Lipinski definition) is 2. The SMILES string of the molecule is O=C(Cc1cccc(F)c1)Nc1ccccc1C(=O)NCC(F)(F)F. The van der Waals surface area contributed by atoms with E-state index in [0.29, 0.717) is 5.56 Å². The fourth-order valence-electron chi connectivity index (χ4n) is 2.09. The van der Waals surface area contributed by atoms with E-state index in [1.807, 2.05) is 0 Å². The third-order valence-electron chi connectivity index (χ3n) is 3.15. The fourth-order valence-corrected chi connectivity index (χ4v) is 2.09. The lowest BCUT2D eigenvalue weighted by atomic mass is 10.1. The van der Waals surface area contributed by atoms with Crippen LogP contribution in [0.5, 0.6) is 0 Å². The van der Waals surface area contributed by atoms with E-state index in [4.69, 9.17) is 0 Å². The number of nitrogens with one attached hydrogen (secondary N) is 2. The van der Waals surface area contributed by atoms with E-state index >= 15 is 0 Å². The summed E-state index contributed by atoms with van der Waals surface area (Å²) in [5.41, 5.74) is 0.402. The molecule has 0 saturated heterocycles. The van der Waals surface area contributed by atoms with Crippen LogP contribution in [0.2, 0.25) is 0 Å². The molecular formula is C17H14F4N2O2. The van der Waals surface area contributed by atoms with Crippen molar-refractivity contribution < 1.29 is 27.2 Å². The van der Waals surface area contributed by atoms with Crippen molar-refractivity contribution in [3.8, 4) is 0 Å². The van der Waals surface area contributed by atoms with Crippen molar-refractivity contribution in [3.63, 3.8) is 0 Å². The Morgan fingerprint density at radius 1 is 1.00 bits per heavy atom. The summed E-state index contributed by atoms with van der Waals surface area (Å²) in [6.45, 7) is -1.47. The van der Waals surface area contributed by atoms with Gasteiger partial charge in [-0.1, -0.05) is 24.3 Å². The number of benzene rings is 2. The molecule has 2 N–H and O–H groups in total. The van der Waals surface area contributed by atoms with Crippen LogP contribution in [0.4, 0.5) is 23.2 Å². The number of para-hydroxylation sites is 1. The number of amides is 2. The van der Waals surface area contributed by atoms with Crippen molar-refractivity contribution in [2.45, 2.75) is 12.6 Å². The molecule has 0 fully saturated rings. The minimum Gasteiger partial charge on any atom is -0.343 e. The minimum atomic E-state index is -4.54. The zero-order valence-corrected chi connectivity index (χ0v) is 12.9. The van der Waals surface area contributed by atoms with Crippen molar-refractivity contribution in [1.29, 1.82) is 0 Å². The van der Waals surface area contributed by atoms with Crippen LogP contribution in [0.15, 0.2) is 48.5 Å². The van der Waals surface area contributed by atoms with Crippen LogP contribution in [0.3, 0.4) is 0 Å². The van der Waals surface area contributed by atoms with Crippen LogP contribution in [-0.4, -0.2) is 24.5 Å². The lowest BCUT2D eigenvalue weighted by Gasteiger charge is -2.12. The molecule has 0 unspecified atom stereocenters. The first-order chi connectivity index (χ1) is 11.7. The van der Waals surface area contributed by atoms with Crippen molar-refractivity contribution in [2.75, 3.05) is 11.9 Å². The highest BCUT2D eigenvalue weighted by atomic mass is 19.4. The van der Waals surface area contributed by atoms with Gasteiger partial charge >= 0.3 is 6.18 Å². The van der Waals surface area contributed by atoms with Gasteiger partial charge in [0.05, 0.1) is 17.7 Å². The van der Waals surface area contributed by atoms with E-state index in [1.54, 1.807) is 11.4 Å². The Labute approximate surface area is 140 Å². The van der Waals surface area contributed by atoms with E-state index in [0.717, 1.165) is 0 Å². The highest BCUT2D eigenvalue weighted by Crippen LogP contribution is 2.17. The number of carbonyl (C=O) groups excluding carboxylic acids is 2. The van der Waals surface area contributed by atoms with Gasteiger partial charge in [-0.25, -0.2) is 4.39 Å². The van der Waals surface area contributed by atoms with E-state index in [9.17, 15) is 27.2 Å². The molecule has 0 bridgehead atoms. The van der Waals surface area contributed by atoms with Gasteiger partial charge in [0, 0.05) is 0 Å². The lowest BCUT2D eigenvalue weighted by molar-refractivity contribution is -0.123. The first-order valence-corrected chi connectivity index (χ1v) is 7.23. The van der Waals surface area contributed by atoms with Crippen LogP contribution < -0.4 is 10.6 Å². The third-order valence-corrected chi connectivity index (χ3v) is 3.15. The van der Waals surface area contributed by atoms with Crippen molar-refractivity contribution in [1.82, 2.24) is 5.32 Å². The fraction of sp³-hybridized carbons (Fsp3) is 0.176. The molecule has 2 aromatic carbocycles.